The molecule has 2 nitrogen and oxygen atoms in total. The molecule has 0 heterocycles. The lowest BCUT2D eigenvalue weighted by atomic mass is 10.6. The van der Waals surface area contributed by atoms with E-state index in [2.05, 4.69) is 13.8 Å². The zero-order valence-electron chi connectivity index (χ0n) is 4.12. The summed E-state index contributed by atoms with van der Waals surface area (Å²) in [6, 6.07) is 0. The van der Waals surface area contributed by atoms with Gasteiger partial charge in [-0.3, -0.25) is 0 Å². The van der Waals surface area contributed by atoms with Crippen LogP contribution in [0.3, 0.4) is 0 Å². The average Bonchev–Trinajstić information content (AvgIpc) is 0.918. The molecule has 2 heteroatoms. The van der Waals surface area contributed by atoms with Crippen molar-refractivity contribution in [3.8, 4) is 0 Å². The van der Waals surface area contributed by atoms with E-state index in [0.717, 1.165) is 0 Å². The third kappa shape index (κ3) is 2260. The molecular formula is C3H14N2. The van der Waals surface area contributed by atoms with Gasteiger partial charge in [0.1, 0.15) is 0 Å². The van der Waals surface area contributed by atoms with Gasteiger partial charge in [0.2, 0.25) is 0 Å². The van der Waals surface area contributed by atoms with Crippen molar-refractivity contribution in [2.24, 2.45) is 0 Å². The van der Waals surface area contributed by atoms with E-state index in [9.17, 15) is 0 Å². The Kier molecular flexibility index (Phi) is 162. The van der Waals surface area contributed by atoms with Gasteiger partial charge in [-0.05, 0) is 0 Å². The van der Waals surface area contributed by atoms with Crippen molar-refractivity contribution in [1.29, 1.82) is 0 Å². The highest BCUT2D eigenvalue weighted by atomic mass is 14.0. The average molecular weight is 78.2 g/mol. The van der Waals surface area contributed by atoms with Crippen molar-refractivity contribution in [1.82, 2.24) is 12.3 Å². The maximum Gasteiger partial charge on any atom is -0.0590 e. The standard InChI is InChI=1S/C3H8.2H3N/c1-3-2;;/h3H2,1-2H3;2*1H3. The lowest BCUT2D eigenvalue weighted by molar-refractivity contribution is 1.09. The number of rotatable bonds is 0. The Morgan fingerprint density at radius 2 is 1.00 bits per heavy atom. The van der Waals surface area contributed by atoms with Crippen molar-refractivity contribution < 1.29 is 0 Å². The van der Waals surface area contributed by atoms with Gasteiger partial charge in [0, 0.05) is 0 Å². The fourth-order valence-corrected chi connectivity index (χ4v) is 0. The van der Waals surface area contributed by atoms with E-state index in [4.69, 9.17) is 0 Å². The van der Waals surface area contributed by atoms with Gasteiger partial charge in [-0.2, -0.15) is 0 Å². The monoisotopic (exact) mass is 78.1 g/mol. The first kappa shape index (κ1) is 20.5. The Bertz CT molecular complexity index is 4.85. The Hall–Kier alpha value is -0.0800. The molecular weight excluding hydrogens is 64.0 g/mol. The van der Waals surface area contributed by atoms with Crippen LogP contribution in [0.15, 0.2) is 0 Å². The van der Waals surface area contributed by atoms with Gasteiger partial charge in [0.25, 0.3) is 0 Å². The molecule has 0 aliphatic carbocycles. The van der Waals surface area contributed by atoms with Crippen LogP contribution < -0.4 is 12.3 Å². The van der Waals surface area contributed by atoms with Gasteiger partial charge in [-0.15, -0.1) is 0 Å². The van der Waals surface area contributed by atoms with Crippen LogP contribution in [0, 0.1) is 0 Å². The van der Waals surface area contributed by atoms with Gasteiger partial charge in [0.05, 0.1) is 0 Å². The molecule has 0 saturated heterocycles. The second kappa shape index (κ2) is 39.5. The maximum atomic E-state index is 2.12. The molecule has 0 aromatic carbocycles. The van der Waals surface area contributed by atoms with E-state index < -0.39 is 0 Å². The summed E-state index contributed by atoms with van der Waals surface area (Å²) in [5.74, 6) is 0. The molecule has 36 valence electrons. The summed E-state index contributed by atoms with van der Waals surface area (Å²) in [7, 11) is 0. The third-order valence-electron chi connectivity index (χ3n) is 0. The molecule has 0 aromatic heterocycles. The van der Waals surface area contributed by atoms with Crippen LogP contribution in [0.1, 0.15) is 20.3 Å². The van der Waals surface area contributed by atoms with Crippen molar-refractivity contribution in [3.63, 3.8) is 0 Å². The van der Waals surface area contributed by atoms with Crippen molar-refractivity contribution in [3.05, 3.63) is 0 Å². The largest absolute Gasteiger partial charge is 0.344 e. The topological polar surface area (TPSA) is 70.0 Å². The van der Waals surface area contributed by atoms with E-state index in [-0.39, 0.29) is 12.3 Å². The van der Waals surface area contributed by atoms with E-state index in [1.165, 1.54) is 6.42 Å². The highest BCUT2D eigenvalue weighted by molar-refractivity contribution is 3.92. The quantitative estimate of drug-likeness (QED) is 0.463. The number of hydrogen-bond acceptors (Lipinski definition) is 2. The molecule has 0 unspecified atom stereocenters. The molecule has 0 aromatic rings. The first-order valence-electron chi connectivity index (χ1n) is 1.41. The first-order valence-corrected chi connectivity index (χ1v) is 1.41. The Morgan fingerprint density at radius 3 is 1.00 bits per heavy atom. The van der Waals surface area contributed by atoms with Crippen molar-refractivity contribution >= 4 is 0 Å². The summed E-state index contributed by atoms with van der Waals surface area (Å²) < 4.78 is 0. The fourth-order valence-electron chi connectivity index (χ4n) is 0. The minimum Gasteiger partial charge on any atom is -0.344 e. The van der Waals surface area contributed by atoms with Gasteiger partial charge in [0.15, 0.2) is 0 Å². The predicted molar refractivity (Wildman–Crippen MR) is 26.0 cm³/mol. The SMILES string of the molecule is CCC.N.N. The predicted octanol–water partition coefficient (Wildman–Crippen LogP) is 1.74. The van der Waals surface area contributed by atoms with Crippen LogP contribution >= 0.6 is 0 Å². The smallest absolute Gasteiger partial charge is 0.0590 e. The second-order valence-corrected chi connectivity index (χ2v) is 0.707. The van der Waals surface area contributed by atoms with Crippen LogP contribution in [0.4, 0.5) is 0 Å². The van der Waals surface area contributed by atoms with E-state index >= 15 is 0 Å². The molecule has 0 radical (unpaired) electrons. The highest BCUT2D eigenvalue weighted by Crippen LogP contribution is 1.56. The van der Waals surface area contributed by atoms with Gasteiger partial charge >= 0.3 is 0 Å². The van der Waals surface area contributed by atoms with Gasteiger partial charge < -0.3 is 12.3 Å². The minimum absolute atomic E-state index is 0. The van der Waals surface area contributed by atoms with Gasteiger partial charge in [-0.1, -0.05) is 20.3 Å². The van der Waals surface area contributed by atoms with Crippen LogP contribution in [0.25, 0.3) is 0 Å². The fraction of sp³-hybridized carbons (Fsp3) is 1.00. The lowest BCUT2D eigenvalue weighted by Gasteiger charge is -1.48. The molecule has 0 rings (SSSR count). The van der Waals surface area contributed by atoms with E-state index in [0.29, 0.717) is 0 Å². The van der Waals surface area contributed by atoms with E-state index in [1.807, 2.05) is 0 Å². The molecule has 5 heavy (non-hydrogen) atoms. The summed E-state index contributed by atoms with van der Waals surface area (Å²) in [6.45, 7) is 4.25. The van der Waals surface area contributed by atoms with E-state index in [1.54, 1.807) is 0 Å². The van der Waals surface area contributed by atoms with Gasteiger partial charge in [-0.25, -0.2) is 0 Å². The normalized spacial score (nSPS) is 3.60. The van der Waals surface area contributed by atoms with Crippen LogP contribution in [-0.2, 0) is 0 Å². The molecule has 0 saturated carbocycles. The highest BCUT2D eigenvalue weighted by Gasteiger charge is 1.35. The molecule has 0 fully saturated rings. The molecule has 0 aliphatic rings. The maximum absolute atomic E-state index is 2.12. The third-order valence-corrected chi connectivity index (χ3v) is 0. The minimum atomic E-state index is 0. The summed E-state index contributed by atoms with van der Waals surface area (Å²) in [6.07, 6.45) is 1.25. The first-order chi connectivity index (χ1) is 1.41. The second-order valence-electron chi connectivity index (χ2n) is 0.707. The summed E-state index contributed by atoms with van der Waals surface area (Å²) in [5.41, 5.74) is 0. The summed E-state index contributed by atoms with van der Waals surface area (Å²) in [4.78, 5) is 0. The summed E-state index contributed by atoms with van der Waals surface area (Å²) in [5, 5.41) is 0. The Morgan fingerprint density at radius 1 is 1.00 bits per heavy atom. The van der Waals surface area contributed by atoms with Crippen LogP contribution in [0.5, 0.6) is 0 Å². The summed E-state index contributed by atoms with van der Waals surface area (Å²) >= 11 is 0. The van der Waals surface area contributed by atoms with Crippen LogP contribution in [0.2, 0.25) is 0 Å². The van der Waals surface area contributed by atoms with Crippen molar-refractivity contribution in [2.75, 3.05) is 0 Å². The molecule has 0 spiro atoms. The van der Waals surface area contributed by atoms with Crippen molar-refractivity contribution in [2.45, 2.75) is 20.3 Å². The lowest BCUT2D eigenvalue weighted by Crippen LogP contribution is -1.27. The number of hydrogen-bond donors (Lipinski definition) is 2. The molecule has 0 atom stereocenters. The Labute approximate surface area is 33.7 Å². The molecule has 6 N–H and O–H groups in total. The Balaban J connectivity index is -0.0000000200. The van der Waals surface area contributed by atoms with Crippen LogP contribution in [-0.4, -0.2) is 0 Å². The zero-order valence-corrected chi connectivity index (χ0v) is 4.12. The molecule has 0 bridgehead atoms. The zero-order chi connectivity index (χ0) is 2.71. The molecule has 0 aliphatic heterocycles. The molecule has 0 amide bonds.